The SMILES string of the molecule is COc1cc(C(=O)N2CCN(C(C)c3nc(-c4ccc(C)cc4)no3)CC2)ccc1OC(F)F. The van der Waals surface area contributed by atoms with Crippen molar-refractivity contribution in [1.82, 2.24) is 19.9 Å². The van der Waals surface area contributed by atoms with Gasteiger partial charge in [-0.2, -0.15) is 13.8 Å². The number of halogens is 2. The summed E-state index contributed by atoms with van der Waals surface area (Å²) < 4.78 is 40.1. The summed E-state index contributed by atoms with van der Waals surface area (Å²) in [4.78, 5) is 21.4. The van der Waals surface area contributed by atoms with Gasteiger partial charge in [-0.25, -0.2) is 0 Å². The van der Waals surface area contributed by atoms with Gasteiger partial charge in [0.05, 0.1) is 13.2 Å². The van der Waals surface area contributed by atoms with Crippen molar-refractivity contribution in [2.45, 2.75) is 26.5 Å². The molecular formula is C24H26F2N4O4. The number of carbonyl (C=O) groups is 1. The van der Waals surface area contributed by atoms with E-state index in [4.69, 9.17) is 9.26 Å². The molecule has 0 spiro atoms. The van der Waals surface area contributed by atoms with Gasteiger partial charge in [-0.1, -0.05) is 35.0 Å². The fourth-order valence-electron chi connectivity index (χ4n) is 3.87. The van der Waals surface area contributed by atoms with Gasteiger partial charge in [-0.05, 0) is 32.0 Å². The van der Waals surface area contributed by atoms with E-state index in [0.717, 1.165) is 11.1 Å². The maximum atomic E-state index is 13.0. The summed E-state index contributed by atoms with van der Waals surface area (Å²) in [6, 6.07) is 12.0. The van der Waals surface area contributed by atoms with Crippen molar-refractivity contribution in [3.05, 3.63) is 59.5 Å². The maximum Gasteiger partial charge on any atom is 0.387 e. The van der Waals surface area contributed by atoms with Crippen LogP contribution in [0, 0.1) is 6.92 Å². The highest BCUT2D eigenvalue weighted by molar-refractivity contribution is 5.95. The highest BCUT2D eigenvalue weighted by Gasteiger charge is 2.28. The Morgan fingerprint density at radius 2 is 1.76 bits per heavy atom. The van der Waals surface area contributed by atoms with Gasteiger partial charge in [-0.3, -0.25) is 9.69 Å². The Kier molecular flexibility index (Phi) is 7.06. The lowest BCUT2D eigenvalue weighted by Crippen LogP contribution is -2.49. The molecule has 8 nitrogen and oxygen atoms in total. The molecule has 10 heteroatoms. The van der Waals surface area contributed by atoms with Gasteiger partial charge >= 0.3 is 6.61 Å². The van der Waals surface area contributed by atoms with E-state index in [1.54, 1.807) is 4.90 Å². The van der Waals surface area contributed by atoms with Gasteiger partial charge in [0.25, 0.3) is 5.91 Å². The highest BCUT2D eigenvalue weighted by atomic mass is 19.3. The molecule has 2 aromatic carbocycles. The Morgan fingerprint density at radius 1 is 1.06 bits per heavy atom. The van der Waals surface area contributed by atoms with Crippen LogP contribution in [-0.2, 0) is 0 Å². The molecule has 0 N–H and O–H groups in total. The minimum absolute atomic E-state index is 0.0826. The minimum Gasteiger partial charge on any atom is -0.493 e. The summed E-state index contributed by atoms with van der Waals surface area (Å²) in [6.07, 6.45) is 0. The molecule has 1 fully saturated rings. The second-order valence-electron chi connectivity index (χ2n) is 8.07. The molecular weight excluding hydrogens is 446 g/mol. The van der Waals surface area contributed by atoms with Crippen LogP contribution in [0.5, 0.6) is 11.5 Å². The number of aryl methyl sites for hydroxylation is 1. The first kappa shape index (κ1) is 23.6. The van der Waals surface area contributed by atoms with Crippen LogP contribution in [0.4, 0.5) is 8.78 Å². The first-order valence-electron chi connectivity index (χ1n) is 10.9. The average Bonchev–Trinajstić information content (AvgIpc) is 3.34. The van der Waals surface area contributed by atoms with Crippen LogP contribution in [0.3, 0.4) is 0 Å². The smallest absolute Gasteiger partial charge is 0.387 e. The Labute approximate surface area is 196 Å². The molecule has 3 aromatic rings. The molecule has 4 rings (SSSR count). The molecule has 1 aliphatic rings. The number of benzene rings is 2. The fourth-order valence-corrected chi connectivity index (χ4v) is 3.87. The summed E-state index contributed by atoms with van der Waals surface area (Å²) >= 11 is 0. The lowest BCUT2D eigenvalue weighted by Gasteiger charge is -2.36. The molecule has 1 amide bonds. The molecule has 1 aliphatic heterocycles. The molecule has 1 atom stereocenters. The zero-order chi connectivity index (χ0) is 24.2. The fraction of sp³-hybridized carbons (Fsp3) is 0.375. The predicted octanol–water partition coefficient (Wildman–Crippen LogP) is 4.17. The van der Waals surface area contributed by atoms with Gasteiger partial charge < -0.3 is 18.9 Å². The first-order valence-corrected chi connectivity index (χ1v) is 10.9. The standard InChI is InChI=1S/C24H26F2N4O4/c1-15-4-6-17(7-5-15)21-27-22(34-28-21)16(2)29-10-12-30(13-11-29)23(31)18-8-9-19(33-24(25)26)20(14-18)32-3/h4-9,14,16,24H,10-13H2,1-3H3. The molecule has 34 heavy (non-hydrogen) atoms. The molecule has 1 unspecified atom stereocenters. The van der Waals surface area contributed by atoms with Gasteiger partial charge in [0.1, 0.15) is 0 Å². The second kappa shape index (κ2) is 10.2. The highest BCUT2D eigenvalue weighted by Crippen LogP contribution is 2.30. The monoisotopic (exact) mass is 472 g/mol. The lowest BCUT2D eigenvalue weighted by molar-refractivity contribution is -0.0512. The number of hydrogen-bond donors (Lipinski definition) is 0. The second-order valence-corrected chi connectivity index (χ2v) is 8.07. The molecule has 180 valence electrons. The van der Waals surface area contributed by atoms with Gasteiger partial charge in [0.2, 0.25) is 11.7 Å². The molecule has 0 aliphatic carbocycles. The summed E-state index contributed by atoms with van der Waals surface area (Å²) in [7, 11) is 1.34. The van der Waals surface area contributed by atoms with E-state index in [0.29, 0.717) is 43.5 Å². The topological polar surface area (TPSA) is 80.9 Å². The van der Waals surface area contributed by atoms with E-state index >= 15 is 0 Å². The van der Waals surface area contributed by atoms with Crippen LogP contribution in [0.25, 0.3) is 11.4 Å². The number of nitrogens with zero attached hydrogens (tertiary/aromatic N) is 4. The van der Waals surface area contributed by atoms with Crippen molar-refractivity contribution in [3.8, 4) is 22.9 Å². The van der Waals surface area contributed by atoms with E-state index in [-0.39, 0.29) is 23.4 Å². The zero-order valence-corrected chi connectivity index (χ0v) is 19.2. The number of rotatable bonds is 7. The van der Waals surface area contributed by atoms with Gasteiger partial charge in [0, 0.05) is 37.3 Å². The van der Waals surface area contributed by atoms with Crippen LogP contribution in [0.2, 0.25) is 0 Å². The van der Waals surface area contributed by atoms with Crippen LogP contribution >= 0.6 is 0 Å². The van der Waals surface area contributed by atoms with Crippen LogP contribution < -0.4 is 9.47 Å². The van der Waals surface area contributed by atoms with Crippen molar-refractivity contribution in [1.29, 1.82) is 0 Å². The number of piperazine rings is 1. The Hall–Kier alpha value is -3.53. The summed E-state index contributed by atoms with van der Waals surface area (Å²) in [6.45, 7) is 3.29. The van der Waals surface area contributed by atoms with E-state index in [1.807, 2.05) is 38.1 Å². The van der Waals surface area contributed by atoms with Crippen LogP contribution in [0.1, 0.15) is 34.8 Å². The third-order valence-corrected chi connectivity index (χ3v) is 5.88. The van der Waals surface area contributed by atoms with E-state index in [1.165, 1.54) is 25.3 Å². The van der Waals surface area contributed by atoms with Crippen molar-refractivity contribution in [3.63, 3.8) is 0 Å². The van der Waals surface area contributed by atoms with Crippen LogP contribution in [-0.4, -0.2) is 65.7 Å². The third-order valence-electron chi connectivity index (χ3n) is 5.88. The molecule has 1 saturated heterocycles. The van der Waals surface area contributed by atoms with Crippen molar-refractivity contribution in [2.75, 3.05) is 33.3 Å². The number of methoxy groups -OCH3 is 1. The third kappa shape index (κ3) is 5.17. The predicted molar refractivity (Wildman–Crippen MR) is 120 cm³/mol. The number of ether oxygens (including phenoxy) is 2. The molecule has 2 heterocycles. The summed E-state index contributed by atoms with van der Waals surface area (Å²) in [5.74, 6) is 0.837. The van der Waals surface area contributed by atoms with Crippen LogP contribution in [0.15, 0.2) is 47.0 Å². The van der Waals surface area contributed by atoms with Crippen molar-refractivity contribution >= 4 is 5.91 Å². The number of carbonyl (C=O) groups excluding carboxylic acids is 1. The molecule has 0 bridgehead atoms. The molecule has 0 radical (unpaired) electrons. The van der Waals surface area contributed by atoms with Gasteiger partial charge in [-0.15, -0.1) is 0 Å². The molecule has 0 saturated carbocycles. The number of amides is 1. The zero-order valence-electron chi connectivity index (χ0n) is 19.2. The molecule has 1 aromatic heterocycles. The minimum atomic E-state index is -2.97. The summed E-state index contributed by atoms with van der Waals surface area (Å²) in [5.41, 5.74) is 2.40. The van der Waals surface area contributed by atoms with Crippen molar-refractivity contribution in [2.24, 2.45) is 0 Å². The quantitative estimate of drug-likeness (QED) is 0.510. The summed E-state index contributed by atoms with van der Waals surface area (Å²) in [5, 5.41) is 4.11. The number of aromatic nitrogens is 2. The van der Waals surface area contributed by atoms with E-state index in [2.05, 4.69) is 19.8 Å². The first-order chi connectivity index (χ1) is 16.4. The Morgan fingerprint density at radius 3 is 2.41 bits per heavy atom. The van der Waals surface area contributed by atoms with Crippen molar-refractivity contribution < 1.29 is 27.6 Å². The van der Waals surface area contributed by atoms with Gasteiger partial charge in [0.15, 0.2) is 11.5 Å². The number of hydrogen-bond acceptors (Lipinski definition) is 7. The largest absolute Gasteiger partial charge is 0.493 e. The van der Waals surface area contributed by atoms with E-state index < -0.39 is 6.61 Å². The Balaban J connectivity index is 1.37. The lowest BCUT2D eigenvalue weighted by atomic mass is 10.1. The number of alkyl halides is 2. The Bertz CT molecular complexity index is 1130. The normalized spacial score (nSPS) is 15.4. The van der Waals surface area contributed by atoms with E-state index in [9.17, 15) is 13.6 Å². The average molecular weight is 472 g/mol. The maximum absolute atomic E-state index is 13.0.